The van der Waals surface area contributed by atoms with Crippen molar-refractivity contribution in [2.45, 2.75) is 32.1 Å². The molecule has 1 heterocycles. The number of carbonyl (C=O) groups excluding carboxylic acids is 1. The predicted octanol–water partition coefficient (Wildman–Crippen LogP) is 2.96. The summed E-state index contributed by atoms with van der Waals surface area (Å²) in [6, 6.07) is 7.62. The second kappa shape index (κ2) is 10.3. The van der Waals surface area contributed by atoms with Crippen LogP contribution >= 0.6 is 35.7 Å². The molecule has 0 radical (unpaired) electrons. The minimum atomic E-state index is -0.0635. The first kappa shape index (κ1) is 22.1. The monoisotopic (exact) mass is 476 g/mol. The van der Waals surface area contributed by atoms with Crippen LogP contribution in [0.15, 0.2) is 29.3 Å². The SMILES string of the molecule is CCNC(=NCc1ccc(C(=O)NC)cc1)N1CCSC(C)(C)C1.I. The number of aliphatic imine (C=N–C) groups is 1. The Morgan fingerprint density at radius 2 is 2.00 bits per heavy atom. The highest BCUT2D eigenvalue weighted by Crippen LogP contribution is 2.29. The fourth-order valence-electron chi connectivity index (χ4n) is 2.70. The molecular weight excluding hydrogens is 447 g/mol. The molecule has 1 aliphatic rings. The van der Waals surface area contributed by atoms with Crippen LogP contribution in [0.2, 0.25) is 0 Å². The van der Waals surface area contributed by atoms with Crippen LogP contribution in [0, 0.1) is 0 Å². The number of hydrogen-bond acceptors (Lipinski definition) is 3. The lowest BCUT2D eigenvalue weighted by Crippen LogP contribution is -2.50. The smallest absolute Gasteiger partial charge is 0.251 e. The summed E-state index contributed by atoms with van der Waals surface area (Å²) in [7, 11) is 1.64. The van der Waals surface area contributed by atoms with Crippen molar-refractivity contribution in [3.05, 3.63) is 35.4 Å². The van der Waals surface area contributed by atoms with Crippen LogP contribution in [0.25, 0.3) is 0 Å². The second-order valence-electron chi connectivity index (χ2n) is 6.48. The van der Waals surface area contributed by atoms with Gasteiger partial charge in [-0.3, -0.25) is 4.79 Å². The molecule has 5 nitrogen and oxygen atoms in total. The molecule has 0 unspecified atom stereocenters. The van der Waals surface area contributed by atoms with Crippen LogP contribution in [0.5, 0.6) is 0 Å². The van der Waals surface area contributed by atoms with E-state index in [0.717, 1.165) is 36.9 Å². The molecule has 25 heavy (non-hydrogen) atoms. The molecule has 0 saturated carbocycles. The Bertz CT molecular complexity index is 589. The Morgan fingerprint density at radius 1 is 1.32 bits per heavy atom. The van der Waals surface area contributed by atoms with Crippen molar-refractivity contribution in [3.8, 4) is 0 Å². The third-order valence-corrected chi connectivity index (χ3v) is 5.21. The van der Waals surface area contributed by atoms with Crippen LogP contribution in [-0.4, -0.2) is 53.9 Å². The molecule has 1 amide bonds. The Balaban J connectivity index is 0.00000312. The Kier molecular flexibility index (Phi) is 9.06. The minimum absolute atomic E-state index is 0. The van der Waals surface area contributed by atoms with Crippen molar-refractivity contribution in [3.63, 3.8) is 0 Å². The Labute approximate surface area is 172 Å². The number of carbonyl (C=O) groups is 1. The number of benzene rings is 1. The topological polar surface area (TPSA) is 56.7 Å². The molecule has 1 fully saturated rings. The Hall–Kier alpha value is -0.960. The minimum Gasteiger partial charge on any atom is -0.357 e. The van der Waals surface area contributed by atoms with Crippen molar-refractivity contribution < 1.29 is 4.79 Å². The summed E-state index contributed by atoms with van der Waals surface area (Å²) in [6.45, 7) is 10.2. The van der Waals surface area contributed by atoms with E-state index < -0.39 is 0 Å². The summed E-state index contributed by atoms with van der Waals surface area (Å²) in [4.78, 5) is 18.7. The number of nitrogens with zero attached hydrogens (tertiary/aromatic N) is 2. The lowest BCUT2D eigenvalue weighted by atomic mass is 10.1. The number of hydrogen-bond donors (Lipinski definition) is 2. The van der Waals surface area contributed by atoms with Gasteiger partial charge in [0.1, 0.15) is 0 Å². The van der Waals surface area contributed by atoms with Gasteiger partial charge >= 0.3 is 0 Å². The number of amides is 1. The fourth-order valence-corrected chi connectivity index (χ4v) is 3.81. The van der Waals surface area contributed by atoms with E-state index in [9.17, 15) is 4.79 Å². The molecule has 0 aromatic heterocycles. The van der Waals surface area contributed by atoms with Gasteiger partial charge < -0.3 is 15.5 Å². The molecule has 1 aromatic carbocycles. The number of thioether (sulfide) groups is 1. The van der Waals surface area contributed by atoms with Gasteiger partial charge in [0.15, 0.2) is 5.96 Å². The standard InChI is InChI=1S/C18H28N4OS.HI/c1-5-20-17(22-10-11-24-18(2,3)13-22)21-12-14-6-8-15(9-7-14)16(23)19-4;/h6-9H,5,10-13H2,1-4H3,(H,19,23)(H,20,21);1H. The zero-order valence-electron chi connectivity index (χ0n) is 15.5. The predicted molar refractivity (Wildman–Crippen MR) is 118 cm³/mol. The number of nitrogens with one attached hydrogen (secondary N) is 2. The van der Waals surface area contributed by atoms with Gasteiger partial charge in [-0.2, -0.15) is 11.8 Å². The second-order valence-corrected chi connectivity index (χ2v) is 8.28. The van der Waals surface area contributed by atoms with E-state index in [0.29, 0.717) is 12.1 Å². The van der Waals surface area contributed by atoms with Crippen molar-refractivity contribution in [2.75, 3.05) is 32.4 Å². The molecule has 1 aliphatic heterocycles. The van der Waals surface area contributed by atoms with Crippen LogP contribution in [0.3, 0.4) is 0 Å². The summed E-state index contributed by atoms with van der Waals surface area (Å²) >= 11 is 2.02. The third-order valence-electron chi connectivity index (χ3n) is 3.91. The van der Waals surface area contributed by atoms with Crippen LogP contribution in [0.4, 0.5) is 0 Å². The van der Waals surface area contributed by atoms with E-state index in [1.807, 2.05) is 36.0 Å². The van der Waals surface area contributed by atoms with Gasteiger partial charge in [-0.15, -0.1) is 24.0 Å². The maximum Gasteiger partial charge on any atom is 0.251 e. The normalized spacial score (nSPS) is 16.8. The highest BCUT2D eigenvalue weighted by Gasteiger charge is 2.28. The van der Waals surface area contributed by atoms with E-state index in [1.54, 1.807) is 7.05 Å². The quantitative estimate of drug-likeness (QED) is 0.399. The first-order valence-corrected chi connectivity index (χ1v) is 9.42. The van der Waals surface area contributed by atoms with Gasteiger partial charge in [-0.1, -0.05) is 12.1 Å². The molecule has 0 bridgehead atoms. The Morgan fingerprint density at radius 3 is 2.56 bits per heavy atom. The number of rotatable bonds is 4. The summed E-state index contributed by atoms with van der Waals surface area (Å²) < 4.78 is 0.254. The highest BCUT2D eigenvalue weighted by molar-refractivity contribution is 14.0. The van der Waals surface area contributed by atoms with Gasteiger partial charge in [0.05, 0.1) is 6.54 Å². The molecule has 1 saturated heterocycles. The van der Waals surface area contributed by atoms with E-state index in [2.05, 4.69) is 36.3 Å². The van der Waals surface area contributed by atoms with Gasteiger partial charge in [0.25, 0.3) is 5.91 Å². The summed E-state index contributed by atoms with van der Waals surface area (Å²) in [5, 5.41) is 6.03. The molecule has 2 N–H and O–H groups in total. The van der Waals surface area contributed by atoms with Gasteiger partial charge in [0.2, 0.25) is 0 Å². The molecular formula is C18H29IN4OS. The average Bonchev–Trinajstić information content (AvgIpc) is 2.57. The lowest BCUT2D eigenvalue weighted by Gasteiger charge is -2.39. The largest absolute Gasteiger partial charge is 0.357 e. The highest BCUT2D eigenvalue weighted by atomic mass is 127. The summed E-state index contributed by atoms with van der Waals surface area (Å²) in [5.41, 5.74) is 1.77. The zero-order valence-corrected chi connectivity index (χ0v) is 18.6. The van der Waals surface area contributed by atoms with E-state index in [1.165, 1.54) is 0 Å². The molecule has 0 spiro atoms. The van der Waals surface area contributed by atoms with E-state index >= 15 is 0 Å². The van der Waals surface area contributed by atoms with Gasteiger partial charge in [-0.05, 0) is 38.5 Å². The summed E-state index contributed by atoms with van der Waals surface area (Å²) in [6.07, 6.45) is 0. The molecule has 1 aromatic rings. The molecule has 0 aliphatic carbocycles. The van der Waals surface area contributed by atoms with Crippen molar-refractivity contribution >= 4 is 47.6 Å². The van der Waals surface area contributed by atoms with Crippen LogP contribution in [0.1, 0.15) is 36.7 Å². The maximum absolute atomic E-state index is 11.6. The first-order chi connectivity index (χ1) is 11.4. The van der Waals surface area contributed by atoms with Gasteiger partial charge in [0, 0.05) is 42.7 Å². The van der Waals surface area contributed by atoms with E-state index in [-0.39, 0.29) is 34.6 Å². The van der Waals surface area contributed by atoms with Crippen LogP contribution < -0.4 is 10.6 Å². The maximum atomic E-state index is 11.6. The molecule has 0 atom stereocenters. The third kappa shape index (κ3) is 6.69. The molecule has 2 rings (SSSR count). The molecule has 140 valence electrons. The first-order valence-electron chi connectivity index (χ1n) is 8.43. The van der Waals surface area contributed by atoms with Gasteiger partial charge in [-0.25, -0.2) is 4.99 Å². The average molecular weight is 476 g/mol. The molecule has 7 heteroatoms. The van der Waals surface area contributed by atoms with E-state index in [4.69, 9.17) is 4.99 Å². The van der Waals surface area contributed by atoms with Crippen molar-refractivity contribution in [2.24, 2.45) is 4.99 Å². The zero-order chi connectivity index (χ0) is 17.6. The van der Waals surface area contributed by atoms with Crippen LogP contribution in [-0.2, 0) is 6.54 Å². The number of halogens is 1. The fraction of sp³-hybridized carbons (Fsp3) is 0.556. The van der Waals surface area contributed by atoms with Crippen molar-refractivity contribution in [1.82, 2.24) is 15.5 Å². The lowest BCUT2D eigenvalue weighted by molar-refractivity contribution is 0.0963. The van der Waals surface area contributed by atoms with Crippen molar-refractivity contribution in [1.29, 1.82) is 0 Å². The summed E-state index contributed by atoms with van der Waals surface area (Å²) in [5.74, 6) is 2.03. The number of guanidine groups is 1.